The van der Waals surface area contributed by atoms with Gasteiger partial charge in [-0.15, -0.1) is 0 Å². The fraction of sp³-hybridized carbons (Fsp3) is 0.636. The molecule has 2 unspecified atom stereocenters. The van der Waals surface area contributed by atoms with Gasteiger partial charge < -0.3 is 15.5 Å². The van der Waals surface area contributed by atoms with E-state index in [9.17, 15) is 4.79 Å². The molecule has 2 atom stereocenters. The largest absolute Gasteiger partial charge is 0.357 e. The number of nitrogens with one attached hydrogen (secondary N) is 2. The maximum atomic E-state index is 11.9. The summed E-state index contributed by atoms with van der Waals surface area (Å²) in [7, 11) is 0. The summed E-state index contributed by atoms with van der Waals surface area (Å²) in [5.74, 6) is 1.10. The molecule has 154 valence electrons. The highest BCUT2D eigenvalue weighted by Gasteiger charge is 2.26. The van der Waals surface area contributed by atoms with Crippen molar-refractivity contribution in [3.8, 4) is 0 Å². The van der Waals surface area contributed by atoms with Gasteiger partial charge in [-0.25, -0.2) is 0 Å². The van der Waals surface area contributed by atoms with Crippen LogP contribution >= 0.6 is 0 Å². The monoisotopic (exact) mass is 385 g/mol. The number of carbonyl (C=O) groups is 1. The third kappa shape index (κ3) is 5.47. The van der Waals surface area contributed by atoms with Crippen LogP contribution in [-0.2, 0) is 4.79 Å². The van der Waals surface area contributed by atoms with Crippen molar-refractivity contribution >= 4 is 11.9 Å². The summed E-state index contributed by atoms with van der Waals surface area (Å²) in [5, 5.41) is 6.93. The van der Waals surface area contributed by atoms with Gasteiger partial charge in [0.05, 0.1) is 12.6 Å². The Labute approximate surface area is 169 Å². The van der Waals surface area contributed by atoms with E-state index in [0.29, 0.717) is 12.5 Å². The van der Waals surface area contributed by atoms with Crippen molar-refractivity contribution in [2.75, 3.05) is 39.3 Å². The van der Waals surface area contributed by atoms with Crippen molar-refractivity contribution in [2.24, 2.45) is 4.99 Å². The Bertz CT molecular complexity index is 642. The van der Waals surface area contributed by atoms with E-state index >= 15 is 0 Å². The predicted molar refractivity (Wildman–Crippen MR) is 114 cm³/mol. The second-order valence-corrected chi connectivity index (χ2v) is 7.71. The second-order valence-electron chi connectivity index (χ2n) is 7.71. The van der Waals surface area contributed by atoms with E-state index in [1.807, 2.05) is 11.8 Å². The first-order valence-corrected chi connectivity index (χ1v) is 10.8. The van der Waals surface area contributed by atoms with Crippen molar-refractivity contribution in [1.82, 2.24) is 20.4 Å². The zero-order chi connectivity index (χ0) is 19.8. The number of benzene rings is 1. The fourth-order valence-corrected chi connectivity index (χ4v) is 4.18. The number of hydrogen-bond donors (Lipinski definition) is 2. The van der Waals surface area contributed by atoms with E-state index in [1.165, 1.54) is 18.4 Å². The molecule has 1 aromatic carbocycles. The number of likely N-dealkylation sites (tertiary alicyclic amines) is 2. The number of hydrogen-bond acceptors (Lipinski definition) is 3. The van der Waals surface area contributed by atoms with Crippen molar-refractivity contribution in [2.45, 2.75) is 51.6 Å². The van der Waals surface area contributed by atoms with Crippen LogP contribution < -0.4 is 10.6 Å². The lowest BCUT2D eigenvalue weighted by molar-refractivity contribution is -0.129. The highest BCUT2D eigenvalue weighted by molar-refractivity contribution is 5.80. The molecule has 3 rings (SSSR count). The van der Waals surface area contributed by atoms with E-state index in [-0.39, 0.29) is 11.9 Å². The summed E-state index contributed by atoms with van der Waals surface area (Å²) in [4.78, 5) is 21.4. The van der Waals surface area contributed by atoms with Gasteiger partial charge in [0.1, 0.15) is 0 Å². The van der Waals surface area contributed by atoms with Crippen molar-refractivity contribution in [3.63, 3.8) is 0 Å². The van der Waals surface area contributed by atoms with Crippen LogP contribution in [0.4, 0.5) is 0 Å². The summed E-state index contributed by atoms with van der Waals surface area (Å²) in [5.41, 5.74) is 1.34. The van der Waals surface area contributed by atoms with Crippen LogP contribution in [0.25, 0.3) is 0 Å². The van der Waals surface area contributed by atoms with E-state index in [0.717, 1.165) is 51.6 Å². The Morgan fingerprint density at radius 1 is 1.18 bits per heavy atom. The number of rotatable bonds is 7. The molecule has 28 heavy (non-hydrogen) atoms. The number of aliphatic imine (C=N–C) groups is 1. The topological polar surface area (TPSA) is 60.0 Å². The zero-order valence-electron chi connectivity index (χ0n) is 17.4. The average Bonchev–Trinajstić information content (AvgIpc) is 3.41. The van der Waals surface area contributed by atoms with E-state index < -0.39 is 0 Å². The SMILES string of the molecule is CCNC(=NCC(c1ccccc1)N1CCCC1)NC1CCN(C(=O)CC)C1. The molecule has 6 heteroatoms. The first-order valence-electron chi connectivity index (χ1n) is 10.8. The van der Waals surface area contributed by atoms with Crippen LogP contribution in [0.15, 0.2) is 35.3 Å². The highest BCUT2D eigenvalue weighted by atomic mass is 16.2. The fourth-order valence-electron chi connectivity index (χ4n) is 4.18. The molecule has 0 aromatic heterocycles. The predicted octanol–water partition coefficient (Wildman–Crippen LogP) is 2.39. The molecule has 2 heterocycles. The smallest absolute Gasteiger partial charge is 0.222 e. The Hall–Kier alpha value is -2.08. The van der Waals surface area contributed by atoms with E-state index in [4.69, 9.17) is 4.99 Å². The Morgan fingerprint density at radius 3 is 2.61 bits per heavy atom. The lowest BCUT2D eigenvalue weighted by Crippen LogP contribution is -2.45. The van der Waals surface area contributed by atoms with Gasteiger partial charge in [0.15, 0.2) is 5.96 Å². The molecule has 2 aliphatic rings. The van der Waals surface area contributed by atoms with Gasteiger partial charge in [0, 0.05) is 32.1 Å². The number of nitrogens with zero attached hydrogens (tertiary/aromatic N) is 3. The summed E-state index contributed by atoms with van der Waals surface area (Å²) in [6.45, 7) is 9.49. The molecule has 2 saturated heterocycles. The molecule has 1 amide bonds. The standard InChI is InChI=1S/C22H35N5O/c1-3-21(28)27-15-12-19(17-27)25-22(23-4-2)24-16-20(26-13-8-9-14-26)18-10-6-5-7-11-18/h5-7,10-11,19-20H,3-4,8-9,12-17H2,1-2H3,(H2,23,24,25). The zero-order valence-corrected chi connectivity index (χ0v) is 17.4. The molecule has 0 saturated carbocycles. The van der Waals surface area contributed by atoms with Gasteiger partial charge in [0.2, 0.25) is 5.91 Å². The molecular weight excluding hydrogens is 350 g/mol. The van der Waals surface area contributed by atoms with Gasteiger partial charge in [-0.1, -0.05) is 37.3 Å². The lowest BCUT2D eigenvalue weighted by Gasteiger charge is -2.27. The lowest BCUT2D eigenvalue weighted by atomic mass is 10.1. The van der Waals surface area contributed by atoms with Crippen LogP contribution in [0, 0.1) is 0 Å². The van der Waals surface area contributed by atoms with Crippen LogP contribution in [-0.4, -0.2) is 67.0 Å². The molecule has 0 radical (unpaired) electrons. The third-order valence-electron chi connectivity index (χ3n) is 5.72. The minimum Gasteiger partial charge on any atom is -0.357 e. The van der Waals surface area contributed by atoms with Gasteiger partial charge in [-0.05, 0) is 44.8 Å². The third-order valence-corrected chi connectivity index (χ3v) is 5.72. The first kappa shape index (κ1) is 20.6. The van der Waals surface area contributed by atoms with E-state index in [2.05, 4.69) is 52.8 Å². The van der Waals surface area contributed by atoms with Gasteiger partial charge >= 0.3 is 0 Å². The molecule has 6 nitrogen and oxygen atoms in total. The van der Waals surface area contributed by atoms with Crippen molar-refractivity contribution < 1.29 is 4.79 Å². The molecule has 0 aliphatic carbocycles. The van der Waals surface area contributed by atoms with Crippen molar-refractivity contribution in [1.29, 1.82) is 0 Å². The van der Waals surface area contributed by atoms with Crippen LogP contribution in [0.1, 0.15) is 51.1 Å². The highest BCUT2D eigenvalue weighted by Crippen LogP contribution is 2.25. The average molecular weight is 386 g/mol. The Balaban J connectivity index is 1.65. The maximum absolute atomic E-state index is 11.9. The van der Waals surface area contributed by atoms with Crippen LogP contribution in [0.2, 0.25) is 0 Å². The number of carbonyl (C=O) groups excluding carboxylic acids is 1. The van der Waals surface area contributed by atoms with E-state index in [1.54, 1.807) is 0 Å². The van der Waals surface area contributed by atoms with Gasteiger partial charge in [-0.3, -0.25) is 14.7 Å². The molecule has 0 bridgehead atoms. The summed E-state index contributed by atoms with van der Waals surface area (Å²) >= 11 is 0. The van der Waals surface area contributed by atoms with Crippen LogP contribution in [0.3, 0.4) is 0 Å². The second kappa shape index (κ2) is 10.5. The molecule has 2 N–H and O–H groups in total. The maximum Gasteiger partial charge on any atom is 0.222 e. The van der Waals surface area contributed by atoms with Crippen molar-refractivity contribution in [3.05, 3.63) is 35.9 Å². The quantitative estimate of drug-likeness (QED) is 0.559. The Kier molecular flexibility index (Phi) is 7.71. The number of amides is 1. The summed E-state index contributed by atoms with van der Waals surface area (Å²) in [6.07, 6.45) is 4.10. The summed E-state index contributed by atoms with van der Waals surface area (Å²) in [6, 6.07) is 11.3. The molecule has 2 aliphatic heterocycles. The molecule has 1 aromatic rings. The van der Waals surface area contributed by atoms with Gasteiger partial charge in [-0.2, -0.15) is 0 Å². The van der Waals surface area contributed by atoms with Gasteiger partial charge in [0.25, 0.3) is 0 Å². The van der Waals surface area contributed by atoms with Crippen LogP contribution in [0.5, 0.6) is 0 Å². The molecular formula is C22H35N5O. The minimum atomic E-state index is 0.240. The minimum absolute atomic E-state index is 0.240. The number of guanidine groups is 1. The Morgan fingerprint density at radius 2 is 1.93 bits per heavy atom. The normalized spacial score (nSPS) is 21.7. The molecule has 0 spiro atoms. The first-order chi connectivity index (χ1) is 13.7. The summed E-state index contributed by atoms with van der Waals surface area (Å²) < 4.78 is 0. The molecule has 2 fully saturated rings.